The van der Waals surface area contributed by atoms with Crippen LogP contribution in [0, 0.1) is 0 Å². The predicted octanol–water partition coefficient (Wildman–Crippen LogP) is 3.14. The molecule has 0 spiro atoms. The van der Waals surface area contributed by atoms with Gasteiger partial charge in [0.05, 0.1) is 7.11 Å². The molecule has 3 nitrogen and oxygen atoms in total. The predicted molar refractivity (Wildman–Crippen MR) is 84.9 cm³/mol. The number of hydrogen-bond acceptors (Lipinski definition) is 4. The van der Waals surface area contributed by atoms with E-state index in [1.807, 2.05) is 37.4 Å². The Bertz CT molecular complexity index is 839. The number of ether oxygens (including phenoxy) is 1. The van der Waals surface area contributed by atoms with Crippen molar-refractivity contribution < 1.29 is 4.74 Å². The van der Waals surface area contributed by atoms with Gasteiger partial charge in [0.2, 0.25) is 0 Å². The lowest BCUT2D eigenvalue weighted by Gasteiger charge is -2.07. The normalized spacial score (nSPS) is 11.1. The molecule has 0 unspecified atom stereocenters. The highest BCUT2D eigenvalue weighted by atomic mass is 32.1. The topological polar surface area (TPSA) is 38.3 Å². The molecule has 4 heteroatoms. The zero-order valence-electron chi connectivity index (χ0n) is 11.4. The summed E-state index contributed by atoms with van der Waals surface area (Å²) in [7, 11) is 3.52. The summed E-state index contributed by atoms with van der Waals surface area (Å²) in [5, 5.41) is 4.65. The van der Waals surface area contributed by atoms with E-state index in [4.69, 9.17) is 4.74 Å². The third-order valence-electron chi connectivity index (χ3n) is 3.35. The molecule has 3 rings (SSSR count). The highest BCUT2D eigenvalue weighted by molar-refractivity contribution is 7.24. The van der Waals surface area contributed by atoms with Crippen molar-refractivity contribution in [3.63, 3.8) is 0 Å². The van der Waals surface area contributed by atoms with E-state index in [1.165, 1.54) is 0 Å². The van der Waals surface area contributed by atoms with E-state index in [2.05, 4.69) is 11.4 Å². The van der Waals surface area contributed by atoms with Crippen molar-refractivity contribution in [1.29, 1.82) is 0 Å². The summed E-state index contributed by atoms with van der Waals surface area (Å²) in [5.74, 6) is 0.715. The van der Waals surface area contributed by atoms with Gasteiger partial charge in [0, 0.05) is 26.7 Å². The summed E-state index contributed by atoms with van der Waals surface area (Å²) in [6.45, 7) is 0.759. The van der Waals surface area contributed by atoms with Crippen molar-refractivity contribution in [1.82, 2.24) is 5.32 Å². The van der Waals surface area contributed by atoms with E-state index in [0.717, 1.165) is 32.3 Å². The lowest BCUT2D eigenvalue weighted by Crippen LogP contribution is -2.07. The first kappa shape index (κ1) is 13.1. The van der Waals surface area contributed by atoms with Gasteiger partial charge in [-0.3, -0.25) is 4.79 Å². The summed E-state index contributed by atoms with van der Waals surface area (Å²) in [6, 6.07) is 11.6. The summed E-state index contributed by atoms with van der Waals surface area (Å²) < 4.78 is 7.26. The highest BCUT2D eigenvalue weighted by Crippen LogP contribution is 2.29. The van der Waals surface area contributed by atoms with Crippen molar-refractivity contribution in [2.75, 3.05) is 14.2 Å². The number of fused-ring (bicyclic) bond motifs is 2. The van der Waals surface area contributed by atoms with Gasteiger partial charge in [-0.25, -0.2) is 0 Å². The third-order valence-corrected chi connectivity index (χ3v) is 4.61. The van der Waals surface area contributed by atoms with Gasteiger partial charge in [-0.05, 0) is 36.9 Å². The van der Waals surface area contributed by atoms with Crippen LogP contribution in [0.1, 0.15) is 5.56 Å². The number of rotatable bonds is 3. The molecular weight excluding hydrogens is 270 g/mol. The van der Waals surface area contributed by atoms with Crippen LogP contribution in [0.25, 0.3) is 20.2 Å². The molecule has 0 aliphatic rings. The molecule has 0 fully saturated rings. The van der Waals surface area contributed by atoms with Gasteiger partial charge in [-0.2, -0.15) is 0 Å². The first-order chi connectivity index (χ1) is 9.74. The average molecular weight is 285 g/mol. The molecule has 2 aromatic carbocycles. The minimum atomic E-state index is 0.0746. The molecule has 20 heavy (non-hydrogen) atoms. The van der Waals surface area contributed by atoms with Gasteiger partial charge in [0.1, 0.15) is 5.75 Å². The van der Waals surface area contributed by atoms with Crippen molar-refractivity contribution in [2.45, 2.75) is 6.54 Å². The van der Waals surface area contributed by atoms with E-state index >= 15 is 0 Å². The SMILES string of the molecule is CNCc1cccc2c(=O)c3cc(OC)ccc3sc12. The van der Waals surface area contributed by atoms with Crippen LogP contribution in [0.4, 0.5) is 0 Å². The first-order valence-electron chi connectivity index (χ1n) is 6.41. The van der Waals surface area contributed by atoms with Gasteiger partial charge in [-0.1, -0.05) is 12.1 Å². The fourth-order valence-corrected chi connectivity index (χ4v) is 3.53. The Morgan fingerprint density at radius 2 is 2.05 bits per heavy atom. The molecule has 0 saturated carbocycles. The van der Waals surface area contributed by atoms with E-state index in [-0.39, 0.29) is 5.43 Å². The molecule has 0 aliphatic heterocycles. The Morgan fingerprint density at radius 1 is 1.20 bits per heavy atom. The lowest BCUT2D eigenvalue weighted by molar-refractivity contribution is 0.415. The molecule has 102 valence electrons. The Morgan fingerprint density at radius 3 is 2.80 bits per heavy atom. The van der Waals surface area contributed by atoms with Crippen LogP contribution in [0.15, 0.2) is 41.2 Å². The summed E-state index contributed by atoms with van der Waals surface area (Å²) in [4.78, 5) is 12.6. The van der Waals surface area contributed by atoms with E-state index in [1.54, 1.807) is 18.4 Å². The molecule has 1 heterocycles. The first-order valence-corrected chi connectivity index (χ1v) is 7.23. The Hall–Kier alpha value is -1.91. The monoisotopic (exact) mass is 285 g/mol. The van der Waals surface area contributed by atoms with Gasteiger partial charge >= 0.3 is 0 Å². The molecule has 3 aromatic rings. The molecule has 1 aromatic heterocycles. The van der Waals surface area contributed by atoms with Crippen LogP contribution in [-0.4, -0.2) is 14.2 Å². The number of methoxy groups -OCH3 is 1. The maximum absolute atomic E-state index is 12.6. The van der Waals surface area contributed by atoms with Gasteiger partial charge in [0.15, 0.2) is 5.43 Å². The average Bonchev–Trinajstić information content (AvgIpc) is 2.48. The van der Waals surface area contributed by atoms with E-state index < -0.39 is 0 Å². The molecule has 0 radical (unpaired) electrons. The van der Waals surface area contributed by atoms with Crippen LogP contribution < -0.4 is 15.5 Å². The van der Waals surface area contributed by atoms with Crippen LogP contribution in [0.2, 0.25) is 0 Å². The van der Waals surface area contributed by atoms with Gasteiger partial charge in [0.25, 0.3) is 0 Å². The Labute approximate surface area is 120 Å². The Kier molecular flexibility index (Phi) is 3.42. The van der Waals surface area contributed by atoms with Crippen molar-refractivity contribution >= 4 is 31.5 Å². The second kappa shape index (κ2) is 5.23. The molecule has 1 N–H and O–H groups in total. The number of nitrogens with one attached hydrogen (secondary N) is 1. The summed E-state index contributed by atoms with van der Waals surface area (Å²) in [6.07, 6.45) is 0. The quantitative estimate of drug-likeness (QED) is 0.751. The second-order valence-corrected chi connectivity index (χ2v) is 5.67. The van der Waals surface area contributed by atoms with Crippen molar-refractivity contribution in [2.24, 2.45) is 0 Å². The third kappa shape index (κ3) is 2.07. The maximum Gasteiger partial charge on any atom is 0.196 e. The zero-order valence-corrected chi connectivity index (χ0v) is 12.2. The molecular formula is C16H15NO2S. The number of hydrogen-bond donors (Lipinski definition) is 1. The zero-order chi connectivity index (χ0) is 14.1. The highest BCUT2D eigenvalue weighted by Gasteiger charge is 2.09. The van der Waals surface area contributed by atoms with E-state index in [9.17, 15) is 4.79 Å². The maximum atomic E-state index is 12.6. The van der Waals surface area contributed by atoms with Crippen molar-refractivity contribution in [3.05, 3.63) is 52.2 Å². The van der Waals surface area contributed by atoms with Crippen LogP contribution >= 0.6 is 11.3 Å². The number of benzene rings is 2. The molecule has 0 aliphatic carbocycles. The fourth-order valence-electron chi connectivity index (χ4n) is 2.37. The summed E-state index contributed by atoms with van der Waals surface area (Å²) >= 11 is 1.66. The largest absolute Gasteiger partial charge is 0.497 e. The standard InChI is InChI=1S/C16H15NO2S/c1-17-9-10-4-3-5-12-15(18)13-8-11(19-2)6-7-14(13)20-16(10)12/h3-8,17H,9H2,1-2H3. The van der Waals surface area contributed by atoms with E-state index in [0.29, 0.717) is 5.75 Å². The van der Waals surface area contributed by atoms with Gasteiger partial charge < -0.3 is 10.1 Å². The fraction of sp³-hybridized carbons (Fsp3) is 0.188. The summed E-state index contributed by atoms with van der Waals surface area (Å²) in [5.41, 5.74) is 1.23. The molecule has 0 atom stereocenters. The molecule has 0 amide bonds. The van der Waals surface area contributed by atoms with Gasteiger partial charge in [-0.15, -0.1) is 11.3 Å². The minimum Gasteiger partial charge on any atom is -0.497 e. The smallest absolute Gasteiger partial charge is 0.196 e. The second-order valence-electron chi connectivity index (χ2n) is 4.62. The van der Waals surface area contributed by atoms with Crippen molar-refractivity contribution in [3.8, 4) is 5.75 Å². The van der Waals surface area contributed by atoms with Crippen LogP contribution in [-0.2, 0) is 6.54 Å². The lowest BCUT2D eigenvalue weighted by atomic mass is 10.1. The van der Waals surface area contributed by atoms with Crippen LogP contribution in [0.5, 0.6) is 5.75 Å². The Balaban J connectivity index is 2.40. The minimum absolute atomic E-state index is 0.0746. The van der Waals surface area contributed by atoms with Crippen LogP contribution in [0.3, 0.4) is 0 Å². The molecule has 0 bridgehead atoms. The molecule has 0 saturated heterocycles.